The molecular weight excluding hydrogens is 146 g/mol. The van der Waals surface area contributed by atoms with Crippen LogP contribution in [-0.4, -0.2) is 34.9 Å². The first kappa shape index (κ1) is 10.4. The molecule has 0 aromatic heterocycles. The first-order chi connectivity index (χ1) is 5.02. The lowest BCUT2D eigenvalue weighted by atomic mass is 10.2. The molecule has 0 amide bonds. The van der Waals surface area contributed by atoms with Crippen molar-refractivity contribution in [2.45, 2.75) is 32.4 Å². The fraction of sp³-hybridized carbons (Fsp3) is 0.857. The predicted octanol–water partition coefficient (Wildman–Crippen LogP) is -0.180. The van der Waals surface area contributed by atoms with Crippen molar-refractivity contribution in [2.75, 3.05) is 6.54 Å². The number of hydrogen-bond acceptors (Lipinski definition) is 3. The Morgan fingerprint density at radius 2 is 2.09 bits per heavy atom. The first-order valence-electron chi connectivity index (χ1n) is 3.65. The standard InChI is InChI=1S/C7H15NO3/c1-5(2)8-4-6(9)3-7(10)11/h5-6,8-9H,3-4H2,1-2H3,(H,10,11). The first-order valence-corrected chi connectivity index (χ1v) is 3.65. The molecule has 11 heavy (non-hydrogen) atoms. The molecule has 1 unspecified atom stereocenters. The Kier molecular flexibility index (Phi) is 4.81. The molecule has 0 radical (unpaired) electrons. The Labute approximate surface area is 66.2 Å². The zero-order chi connectivity index (χ0) is 8.85. The highest BCUT2D eigenvalue weighted by Gasteiger charge is 2.08. The maximum Gasteiger partial charge on any atom is 0.306 e. The van der Waals surface area contributed by atoms with Gasteiger partial charge in [-0.1, -0.05) is 13.8 Å². The zero-order valence-electron chi connectivity index (χ0n) is 6.87. The molecule has 0 spiro atoms. The number of nitrogens with one attached hydrogen (secondary N) is 1. The molecule has 0 heterocycles. The van der Waals surface area contributed by atoms with Crippen LogP contribution in [0.25, 0.3) is 0 Å². The summed E-state index contributed by atoms with van der Waals surface area (Å²) in [6.45, 7) is 4.21. The minimum atomic E-state index is -0.969. The van der Waals surface area contributed by atoms with Gasteiger partial charge in [-0.05, 0) is 0 Å². The molecule has 3 N–H and O–H groups in total. The second-order valence-corrected chi connectivity index (χ2v) is 2.81. The van der Waals surface area contributed by atoms with Crippen molar-refractivity contribution in [1.82, 2.24) is 5.32 Å². The SMILES string of the molecule is CC(C)NCC(O)CC(=O)O. The molecule has 0 aliphatic rings. The summed E-state index contributed by atoms with van der Waals surface area (Å²) in [4.78, 5) is 10.1. The average Bonchev–Trinajstić information content (AvgIpc) is 1.82. The quantitative estimate of drug-likeness (QED) is 0.523. The van der Waals surface area contributed by atoms with Crippen molar-refractivity contribution in [1.29, 1.82) is 0 Å². The Morgan fingerprint density at radius 1 is 1.55 bits per heavy atom. The summed E-state index contributed by atoms with van der Waals surface area (Å²) < 4.78 is 0. The average molecular weight is 161 g/mol. The Hall–Kier alpha value is -0.610. The van der Waals surface area contributed by atoms with E-state index in [1.807, 2.05) is 13.8 Å². The van der Waals surface area contributed by atoms with Gasteiger partial charge in [-0.2, -0.15) is 0 Å². The summed E-state index contributed by atoms with van der Waals surface area (Å²) in [6.07, 6.45) is -0.977. The molecule has 0 aromatic rings. The zero-order valence-corrected chi connectivity index (χ0v) is 6.87. The third kappa shape index (κ3) is 7.29. The van der Waals surface area contributed by atoms with Gasteiger partial charge in [-0.25, -0.2) is 0 Å². The summed E-state index contributed by atoms with van der Waals surface area (Å²) in [5.41, 5.74) is 0. The highest BCUT2D eigenvalue weighted by Crippen LogP contribution is 1.89. The minimum Gasteiger partial charge on any atom is -0.481 e. The van der Waals surface area contributed by atoms with E-state index in [-0.39, 0.29) is 12.5 Å². The van der Waals surface area contributed by atoms with Crippen LogP contribution in [0.5, 0.6) is 0 Å². The summed E-state index contributed by atoms with van der Waals surface area (Å²) in [6, 6.07) is 0.276. The second-order valence-electron chi connectivity index (χ2n) is 2.81. The molecule has 0 saturated heterocycles. The highest BCUT2D eigenvalue weighted by molar-refractivity contribution is 5.67. The fourth-order valence-electron chi connectivity index (χ4n) is 0.645. The third-order valence-electron chi connectivity index (χ3n) is 1.17. The Morgan fingerprint density at radius 3 is 2.45 bits per heavy atom. The molecule has 0 fully saturated rings. The number of carbonyl (C=O) groups is 1. The van der Waals surface area contributed by atoms with Crippen LogP contribution in [0.1, 0.15) is 20.3 Å². The van der Waals surface area contributed by atoms with Crippen LogP contribution in [0.2, 0.25) is 0 Å². The second kappa shape index (κ2) is 5.09. The molecule has 0 aliphatic carbocycles. The van der Waals surface area contributed by atoms with Gasteiger partial charge in [-0.15, -0.1) is 0 Å². The van der Waals surface area contributed by atoms with Crippen molar-refractivity contribution in [3.05, 3.63) is 0 Å². The molecule has 0 aliphatic heterocycles. The van der Waals surface area contributed by atoms with Gasteiger partial charge < -0.3 is 15.5 Å². The van der Waals surface area contributed by atoms with Gasteiger partial charge in [0.05, 0.1) is 12.5 Å². The number of aliphatic hydroxyl groups excluding tert-OH is 1. The van der Waals surface area contributed by atoms with Crippen LogP contribution in [0.4, 0.5) is 0 Å². The van der Waals surface area contributed by atoms with E-state index in [1.54, 1.807) is 0 Å². The summed E-state index contributed by atoms with van der Waals surface area (Å²) in [7, 11) is 0. The molecule has 0 aromatic carbocycles. The smallest absolute Gasteiger partial charge is 0.306 e. The lowest BCUT2D eigenvalue weighted by molar-refractivity contribution is -0.139. The van der Waals surface area contributed by atoms with Gasteiger partial charge in [0.25, 0.3) is 0 Å². The molecule has 0 bridgehead atoms. The van der Waals surface area contributed by atoms with Crippen molar-refractivity contribution < 1.29 is 15.0 Å². The van der Waals surface area contributed by atoms with Gasteiger partial charge in [0.2, 0.25) is 0 Å². The van der Waals surface area contributed by atoms with Gasteiger partial charge in [0.1, 0.15) is 0 Å². The lowest BCUT2D eigenvalue weighted by Gasteiger charge is -2.11. The number of aliphatic carboxylic acids is 1. The molecule has 0 rings (SSSR count). The van der Waals surface area contributed by atoms with E-state index in [1.165, 1.54) is 0 Å². The van der Waals surface area contributed by atoms with Crippen molar-refractivity contribution in [2.24, 2.45) is 0 Å². The highest BCUT2D eigenvalue weighted by atomic mass is 16.4. The maximum atomic E-state index is 10.1. The fourth-order valence-corrected chi connectivity index (χ4v) is 0.645. The van der Waals surface area contributed by atoms with Crippen LogP contribution in [0.3, 0.4) is 0 Å². The summed E-state index contributed by atoms with van der Waals surface area (Å²) in [5, 5.41) is 20.2. The van der Waals surface area contributed by atoms with Crippen LogP contribution >= 0.6 is 0 Å². The Bertz CT molecular complexity index is 125. The van der Waals surface area contributed by atoms with E-state index in [0.29, 0.717) is 6.54 Å². The molecule has 66 valence electrons. The topological polar surface area (TPSA) is 69.6 Å². The van der Waals surface area contributed by atoms with Crippen LogP contribution < -0.4 is 5.32 Å². The van der Waals surface area contributed by atoms with Crippen LogP contribution in [0.15, 0.2) is 0 Å². The lowest BCUT2D eigenvalue weighted by Crippen LogP contribution is -2.33. The maximum absolute atomic E-state index is 10.1. The predicted molar refractivity (Wildman–Crippen MR) is 41.4 cm³/mol. The van der Waals surface area contributed by atoms with Crippen molar-refractivity contribution in [3.63, 3.8) is 0 Å². The monoisotopic (exact) mass is 161 g/mol. The Balaban J connectivity index is 3.37. The largest absolute Gasteiger partial charge is 0.481 e. The van der Waals surface area contributed by atoms with E-state index in [4.69, 9.17) is 10.2 Å². The van der Waals surface area contributed by atoms with Crippen LogP contribution in [-0.2, 0) is 4.79 Å². The molecule has 4 nitrogen and oxygen atoms in total. The summed E-state index contributed by atoms with van der Waals surface area (Å²) >= 11 is 0. The number of hydrogen-bond donors (Lipinski definition) is 3. The third-order valence-corrected chi connectivity index (χ3v) is 1.17. The molecule has 1 atom stereocenters. The van der Waals surface area contributed by atoms with E-state index < -0.39 is 12.1 Å². The normalized spacial score (nSPS) is 13.5. The molecular formula is C7H15NO3. The van der Waals surface area contributed by atoms with Crippen LogP contribution in [0, 0.1) is 0 Å². The van der Waals surface area contributed by atoms with Gasteiger partial charge in [-0.3, -0.25) is 4.79 Å². The van der Waals surface area contributed by atoms with E-state index in [0.717, 1.165) is 0 Å². The van der Waals surface area contributed by atoms with E-state index in [9.17, 15) is 4.79 Å². The van der Waals surface area contributed by atoms with E-state index >= 15 is 0 Å². The number of carboxylic acids is 1. The van der Waals surface area contributed by atoms with Gasteiger partial charge >= 0.3 is 5.97 Å². The van der Waals surface area contributed by atoms with E-state index in [2.05, 4.69) is 5.32 Å². The minimum absolute atomic E-state index is 0.195. The number of aliphatic hydroxyl groups is 1. The molecule has 4 heteroatoms. The summed E-state index contributed by atoms with van der Waals surface area (Å²) in [5.74, 6) is -0.969. The number of carboxylic acid groups (broad SMARTS) is 1. The van der Waals surface area contributed by atoms with Gasteiger partial charge in [0, 0.05) is 12.6 Å². The van der Waals surface area contributed by atoms with Crippen molar-refractivity contribution >= 4 is 5.97 Å². The number of rotatable bonds is 5. The molecule has 0 saturated carbocycles. The van der Waals surface area contributed by atoms with Gasteiger partial charge in [0.15, 0.2) is 0 Å². The van der Waals surface area contributed by atoms with Crippen molar-refractivity contribution in [3.8, 4) is 0 Å².